The number of anilines is 1. The Labute approximate surface area is 142 Å². The fraction of sp³-hybridized carbons (Fsp3) is 0.111. The molecular weight excluding hydrogens is 330 g/mol. The van der Waals surface area contributed by atoms with Gasteiger partial charge in [-0.25, -0.2) is 13.8 Å². The van der Waals surface area contributed by atoms with Crippen LogP contribution in [-0.2, 0) is 0 Å². The van der Waals surface area contributed by atoms with E-state index in [-0.39, 0.29) is 5.56 Å². The molecule has 0 bridgehead atoms. The van der Waals surface area contributed by atoms with Crippen LogP contribution in [0.5, 0.6) is 0 Å². The molecule has 3 rings (SSSR count). The predicted molar refractivity (Wildman–Crippen MR) is 91.3 cm³/mol. The second-order valence-electron chi connectivity index (χ2n) is 5.47. The van der Waals surface area contributed by atoms with Crippen LogP contribution in [0.2, 0.25) is 0 Å². The summed E-state index contributed by atoms with van der Waals surface area (Å²) < 4.78 is 26.4. The molecule has 0 saturated heterocycles. The van der Waals surface area contributed by atoms with Gasteiger partial charge in [-0.05, 0) is 37.6 Å². The standard InChI is InChI=1S/C18H14F2N2OS/c1-10-3-4-11(2)15(5-10)16-9-24-18(21-16)22-17(23)12-6-13(19)8-14(20)7-12/h3-9H,1-2H3,(H,21,22,23). The molecule has 0 saturated carbocycles. The van der Waals surface area contributed by atoms with Gasteiger partial charge in [-0.15, -0.1) is 11.3 Å². The van der Waals surface area contributed by atoms with Crippen LogP contribution in [0, 0.1) is 25.5 Å². The molecule has 1 heterocycles. The first-order chi connectivity index (χ1) is 11.4. The molecule has 6 heteroatoms. The molecule has 2 aromatic carbocycles. The third kappa shape index (κ3) is 3.49. The van der Waals surface area contributed by atoms with Crippen LogP contribution in [0.15, 0.2) is 41.8 Å². The quantitative estimate of drug-likeness (QED) is 0.730. The smallest absolute Gasteiger partial charge is 0.257 e. The lowest BCUT2D eigenvalue weighted by molar-refractivity contribution is 0.102. The topological polar surface area (TPSA) is 42.0 Å². The maximum absolute atomic E-state index is 13.2. The normalized spacial score (nSPS) is 10.7. The highest BCUT2D eigenvalue weighted by Crippen LogP contribution is 2.28. The van der Waals surface area contributed by atoms with Gasteiger partial charge in [-0.3, -0.25) is 10.1 Å². The zero-order valence-electron chi connectivity index (χ0n) is 13.1. The Morgan fingerprint density at radius 1 is 1.08 bits per heavy atom. The van der Waals surface area contributed by atoms with Gasteiger partial charge in [0.05, 0.1) is 5.69 Å². The second kappa shape index (κ2) is 6.49. The molecule has 0 atom stereocenters. The molecule has 0 aliphatic rings. The van der Waals surface area contributed by atoms with E-state index in [1.807, 2.05) is 37.4 Å². The van der Waals surface area contributed by atoms with Crippen molar-refractivity contribution in [2.24, 2.45) is 0 Å². The summed E-state index contributed by atoms with van der Waals surface area (Å²) in [4.78, 5) is 16.5. The van der Waals surface area contributed by atoms with Gasteiger partial charge in [0.2, 0.25) is 0 Å². The number of carbonyl (C=O) groups excluding carboxylic acids is 1. The first-order valence-corrected chi connectivity index (χ1v) is 8.11. The Morgan fingerprint density at radius 3 is 2.50 bits per heavy atom. The number of aryl methyl sites for hydroxylation is 2. The number of benzene rings is 2. The summed E-state index contributed by atoms with van der Waals surface area (Å²) in [6.45, 7) is 3.98. The van der Waals surface area contributed by atoms with E-state index in [1.165, 1.54) is 11.3 Å². The Kier molecular flexibility index (Phi) is 4.40. The van der Waals surface area contributed by atoms with E-state index in [4.69, 9.17) is 0 Å². The minimum absolute atomic E-state index is 0.0870. The fourth-order valence-corrected chi connectivity index (χ4v) is 3.03. The lowest BCUT2D eigenvalue weighted by Gasteiger charge is -2.04. The van der Waals surface area contributed by atoms with Crippen molar-refractivity contribution in [3.63, 3.8) is 0 Å². The van der Waals surface area contributed by atoms with E-state index >= 15 is 0 Å². The number of rotatable bonds is 3. The molecule has 0 fully saturated rings. The molecule has 0 radical (unpaired) electrons. The van der Waals surface area contributed by atoms with Crippen molar-refractivity contribution in [1.29, 1.82) is 0 Å². The average Bonchev–Trinajstić information content (AvgIpc) is 2.97. The lowest BCUT2D eigenvalue weighted by atomic mass is 10.0. The maximum atomic E-state index is 13.2. The van der Waals surface area contributed by atoms with Crippen molar-refractivity contribution in [2.45, 2.75) is 13.8 Å². The fourth-order valence-electron chi connectivity index (χ4n) is 2.32. The van der Waals surface area contributed by atoms with Crippen molar-refractivity contribution in [3.05, 3.63) is 70.1 Å². The molecule has 122 valence electrons. The second-order valence-corrected chi connectivity index (χ2v) is 6.33. The van der Waals surface area contributed by atoms with E-state index in [0.29, 0.717) is 5.13 Å². The van der Waals surface area contributed by atoms with Crippen LogP contribution < -0.4 is 5.32 Å². The highest BCUT2D eigenvalue weighted by atomic mass is 32.1. The molecule has 3 aromatic rings. The summed E-state index contributed by atoms with van der Waals surface area (Å²) in [6.07, 6.45) is 0. The third-order valence-electron chi connectivity index (χ3n) is 3.52. The first kappa shape index (κ1) is 16.3. The summed E-state index contributed by atoms with van der Waals surface area (Å²) in [5, 5.41) is 4.78. The summed E-state index contributed by atoms with van der Waals surface area (Å²) in [6, 6.07) is 8.75. The van der Waals surface area contributed by atoms with Crippen molar-refractivity contribution >= 4 is 22.4 Å². The number of thiazole rings is 1. The SMILES string of the molecule is Cc1ccc(C)c(-c2csc(NC(=O)c3cc(F)cc(F)c3)n2)c1. The highest BCUT2D eigenvalue weighted by Gasteiger charge is 2.13. The minimum Gasteiger partial charge on any atom is -0.298 e. The van der Waals surface area contributed by atoms with Crippen LogP contribution in [0.3, 0.4) is 0 Å². The predicted octanol–water partition coefficient (Wildman–Crippen LogP) is 4.96. The van der Waals surface area contributed by atoms with Gasteiger partial charge in [0, 0.05) is 22.6 Å². The Morgan fingerprint density at radius 2 is 1.79 bits per heavy atom. The molecule has 0 unspecified atom stereocenters. The number of nitrogens with one attached hydrogen (secondary N) is 1. The Bertz CT molecular complexity index is 901. The number of hydrogen-bond acceptors (Lipinski definition) is 3. The van der Waals surface area contributed by atoms with E-state index in [2.05, 4.69) is 10.3 Å². The number of amides is 1. The lowest BCUT2D eigenvalue weighted by Crippen LogP contribution is -2.12. The molecule has 0 aliphatic heterocycles. The molecular formula is C18H14F2N2OS. The van der Waals surface area contributed by atoms with Gasteiger partial charge in [0.1, 0.15) is 11.6 Å². The summed E-state index contributed by atoms with van der Waals surface area (Å²) in [5.41, 5.74) is 3.85. The number of halogens is 2. The molecule has 1 aromatic heterocycles. The van der Waals surface area contributed by atoms with Crippen molar-refractivity contribution in [2.75, 3.05) is 5.32 Å². The largest absolute Gasteiger partial charge is 0.298 e. The van der Waals surface area contributed by atoms with E-state index in [0.717, 1.165) is 40.6 Å². The van der Waals surface area contributed by atoms with Crippen LogP contribution >= 0.6 is 11.3 Å². The first-order valence-electron chi connectivity index (χ1n) is 7.23. The molecule has 0 spiro atoms. The van der Waals surface area contributed by atoms with Gasteiger partial charge in [0.15, 0.2) is 5.13 Å². The number of hydrogen-bond donors (Lipinski definition) is 1. The summed E-state index contributed by atoms with van der Waals surface area (Å²) >= 11 is 1.26. The Hall–Kier alpha value is -2.60. The van der Waals surface area contributed by atoms with Gasteiger partial charge < -0.3 is 0 Å². The molecule has 0 aliphatic carbocycles. The summed E-state index contributed by atoms with van der Waals surface area (Å²) in [5.74, 6) is -2.19. The number of aromatic nitrogens is 1. The van der Waals surface area contributed by atoms with Crippen LogP contribution in [0.1, 0.15) is 21.5 Å². The minimum atomic E-state index is -0.796. The molecule has 3 nitrogen and oxygen atoms in total. The van der Waals surface area contributed by atoms with Crippen LogP contribution in [-0.4, -0.2) is 10.9 Å². The van der Waals surface area contributed by atoms with Gasteiger partial charge >= 0.3 is 0 Å². The maximum Gasteiger partial charge on any atom is 0.257 e. The number of carbonyl (C=O) groups is 1. The van der Waals surface area contributed by atoms with Crippen molar-refractivity contribution in [1.82, 2.24) is 4.98 Å². The van der Waals surface area contributed by atoms with Gasteiger partial charge in [-0.1, -0.05) is 17.7 Å². The van der Waals surface area contributed by atoms with Gasteiger partial charge in [-0.2, -0.15) is 0 Å². The average molecular weight is 344 g/mol. The Balaban J connectivity index is 1.83. The zero-order valence-corrected chi connectivity index (χ0v) is 13.9. The zero-order chi connectivity index (χ0) is 17.3. The van der Waals surface area contributed by atoms with Crippen LogP contribution in [0.25, 0.3) is 11.3 Å². The molecule has 1 N–H and O–H groups in total. The van der Waals surface area contributed by atoms with Crippen molar-refractivity contribution < 1.29 is 13.6 Å². The van der Waals surface area contributed by atoms with Crippen LogP contribution in [0.4, 0.5) is 13.9 Å². The van der Waals surface area contributed by atoms with E-state index in [9.17, 15) is 13.6 Å². The molecule has 1 amide bonds. The number of nitrogens with zero attached hydrogens (tertiary/aromatic N) is 1. The molecule has 24 heavy (non-hydrogen) atoms. The van der Waals surface area contributed by atoms with E-state index < -0.39 is 17.5 Å². The van der Waals surface area contributed by atoms with Gasteiger partial charge in [0.25, 0.3) is 5.91 Å². The van der Waals surface area contributed by atoms with Crippen molar-refractivity contribution in [3.8, 4) is 11.3 Å². The highest BCUT2D eigenvalue weighted by molar-refractivity contribution is 7.14. The summed E-state index contributed by atoms with van der Waals surface area (Å²) in [7, 11) is 0. The third-order valence-corrected chi connectivity index (χ3v) is 4.28. The van der Waals surface area contributed by atoms with E-state index in [1.54, 1.807) is 0 Å². The monoisotopic (exact) mass is 344 g/mol.